The lowest BCUT2D eigenvalue weighted by atomic mass is 9.94. The zero-order valence-electron chi connectivity index (χ0n) is 23.0. The minimum Gasteiger partial charge on any atom is -0.345 e. The molecule has 0 amide bonds. The van der Waals surface area contributed by atoms with Crippen LogP contribution in [-0.4, -0.2) is 72.7 Å². The Labute approximate surface area is 238 Å². The van der Waals surface area contributed by atoms with Crippen molar-refractivity contribution in [2.24, 2.45) is 5.92 Å². The third-order valence-corrected chi connectivity index (χ3v) is 8.69. The van der Waals surface area contributed by atoms with E-state index in [0.29, 0.717) is 10.0 Å². The fourth-order valence-electron chi connectivity index (χ4n) is 5.65. The quantitative estimate of drug-likeness (QED) is 0.310. The molecule has 2 saturated heterocycles. The Bertz CT molecular complexity index is 1210. The third-order valence-electron chi connectivity index (χ3n) is 8.26. The monoisotopic (exact) mass is 552 g/mol. The van der Waals surface area contributed by atoms with Gasteiger partial charge in [-0.3, -0.25) is 9.88 Å². The van der Waals surface area contributed by atoms with Crippen LogP contribution in [-0.2, 0) is 13.0 Å². The van der Waals surface area contributed by atoms with E-state index in [4.69, 9.17) is 33.2 Å². The normalized spacial score (nSPS) is 18.6. The van der Waals surface area contributed by atoms with E-state index in [0.717, 1.165) is 85.4 Å². The Morgan fingerprint density at radius 1 is 0.895 bits per heavy atom. The van der Waals surface area contributed by atoms with Crippen LogP contribution < -0.4 is 4.90 Å². The van der Waals surface area contributed by atoms with Gasteiger partial charge in [0.1, 0.15) is 5.82 Å². The molecule has 0 spiro atoms. The van der Waals surface area contributed by atoms with Gasteiger partial charge in [0.15, 0.2) is 0 Å². The van der Waals surface area contributed by atoms with E-state index < -0.39 is 0 Å². The number of halogens is 2. The van der Waals surface area contributed by atoms with Crippen LogP contribution in [0.25, 0.3) is 11.3 Å². The SMILES string of the molecule is CCC1CCN(Cc2cc(Cc3ccc(N4CC[N+](C)(C)CC4)nc3)nc(-c3cc(Cl)cc(Cl)c3)c2)CC1. The number of hydrogen-bond donors (Lipinski definition) is 0. The van der Waals surface area contributed by atoms with Crippen LogP contribution in [0.1, 0.15) is 43.0 Å². The molecule has 2 aromatic heterocycles. The molecule has 0 aliphatic carbocycles. The molecule has 4 heterocycles. The molecule has 1 aromatic carbocycles. The first-order chi connectivity index (χ1) is 18.3. The van der Waals surface area contributed by atoms with Crippen LogP contribution in [0.3, 0.4) is 0 Å². The zero-order chi connectivity index (χ0) is 26.7. The summed E-state index contributed by atoms with van der Waals surface area (Å²) in [4.78, 5) is 14.9. The fourth-order valence-corrected chi connectivity index (χ4v) is 6.17. The summed E-state index contributed by atoms with van der Waals surface area (Å²) in [6, 6.07) is 14.5. The van der Waals surface area contributed by atoms with E-state index in [1.165, 1.54) is 30.4 Å². The predicted octanol–water partition coefficient (Wildman–Crippen LogP) is 6.56. The van der Waals surface area contributed by atoms with Crippen molar-refractivity contribution in [2.75, 3.05) is 58.3 Å². The van der Waals surface area contributed by atoms with Crippen LogP contribution in [0.5, 0.6) is 0 Å². The van der Waals surface area contributed by atoms with E-state index in [2.05, 4.69) is 55.1 Å². The number of quaternary nitrogens is 1. The summed E-state index contributed by atoms with van der Waals surface area (Å²) in [5.41, 5.74) is 5.38. The molecule has 0 N–H and O–H groups in total. The second-order valence-electron chi connectivity index (χ2n) is 11.7. The highest BCUT2D eigenvalue weighted by atomic mass is 35.5. The average Bonchev–Trinajstić information content (AvgIpc) is 2.89. The minimum absolute atomic E-state index is 0.627. The van der Waals surface area contributed by atoms with Crippen LogP contribution in [0.4, 0.5) is 5.82 Å². The Hall–Kier alpha value is -2.18. The molecule has 2 aliphatic heterocycles. The van der Waals surface area contributed by atoms with Crippen molar-refractivity contribution in [3.05, 3.63) is 75.5 Å². The van der Waals surface area contributed by atoms with Gasteiger partial charge in [-0.25, -0.2) is 4.98 Å². The zero-order valence-corrected chi connectivity index (χ0v) is 24.5. The molecule has 2 aliphatic rings. The van der Waals surface area contributed by atoms with Crippen LogP contribution in [0.15, 0.2) is 48.7 Å². The molecule has 2 fully saturated rings. The van der Waals surface area contributed by atoms with Gasteiger partial charge in [0.2, 0.25) is 0 Å². The predicted molar refractivity (Wildman–Crippen MR) is 159 cm³/mol. The summed E-state index contributed by atoms with van der Waals surface area (Å²) in [7, 11) is 4.60. The molecule has 0 radical (unpaired) electrons. The topological polar surface area (TPSA) is 32.3 Å². The standard InChI is InChI=1S/C31H40Cl2N5/c1-4-23-7-9-36(10-8-23)22-25-16-29(35-30(17-25)26-18-27(32)20-28(33)19-26)15-24-5-6-31(34-21-24)37-11-13-38(2,3)14-12-37/h5-6,16-21,23H,4,7-15,22H2,1-3H3/q+1. The summed E-state index contributed by atoms with van der Waals surface area (Å²) in [6.07, 6.45) is 6.62. The van der Waals surface area contributed by atoms with E-state index >= 15 is 0 Å². The van der Waals surface area contributed by atoms with Gasteiger partial charge in [-0.1, -0.05) is 42.6 Å². The van der Waals surface area contributed by atoms with Crippen LogP contribution >= 0.6 is 23.2 Å². The maximum absolute atomic E-state index is 6.35. The van der Waals surface area contributed by atoms with Crippen molar-refractivity contribution in [1.82, 2.24) is 14.9 Å². The largest absolute Gasteiger partial charge is 0.345 e. The first kappa shape index (κ1) is 27.4. The molecule has 38 heavy (non-hydrogen) atoms. The Kier molecular flexibility index (Phi) is 8.59. The molecule has 202 valence electrons. The summed E-state index contributed by atoms with van der Waals surface area (Å²) in [5, 5.41) is 1.25. The molecule has 0 atom stereocenters. The molecule has 0 saturated carbocycles. The van der Waals surface area contributed by atoms with E-state index in [-0.39, 0.29) is 0 Å². The number of likely N-dealkylation sites (N-methyl/N-ethyl adjacent to an activating group) is 1. The number of piperazine rings is 1. The maximum atomic E-state index is 6.35. The Morgan fingerprint density at radius 2 is 1.61 bits per heavy atom. The van der Waals surface area contributed by atoms with Gasteiger partial charge in [-0.15, -0.1) is 0 Å². The van der Waals surface area contributed by atoms with Crippen molar-refractivity contribution >= 4 is 29.0 Å². The van der Waals surface area contributed by atoms with Crippen molar-refractivity contribution in [3.63, 3.8) is 0 Å². The highest BCUT2D eigenvalue weighted by Crippen LogP contribution is 2.29. The maximum Gasteiger partial charge on any atom is 0.128 e. The van der Waals surface area contributed by atoms with Crippen molar-refractivity contribution in [1.29, 1.82) is 0 Å². The highest BCUT2D eigenvalue weighted by Gasteiger charge is 2.25. The molecular formula is C31H40Cl2N5+. The Morgan fingerprint density at radius 3 is 2.24 bits per heavy atom. The first-order valence-electron chi connectivity index (χ1n) is 14.0. The van der Waals surface area contributed by atoms with Crippen molar-refractivity contribution < 1.29 is 4.48 Å². The Balaban J connectivity index is 1.36. The van der Waals surface area contributed by atoms with Crippen LogP contribution in [0.2, 0.25) is 10.0 Å². The lowest BCUT2D eigenvalue weighted by Gasteiger charge is -2.39. The smallest absolute Gasteiger partial charge is 0.128 e. The lowest BCUT2D eigenvalue weighted by molar-refractivity contribution is -0.890. The minimum atomic E-state index is 0.627. The number of hydrogen-bond acceptors (Lipinski definition) is 4. The van der Waals surface area contributed by atoms with Gasteiger partial charge in [0.05, 0.1) is 46.0 Å². The van der Waals surface area contributed by atoms with Crippen molar-refractivity contribution in [2.45, 2.75) is 39.2 Å². The second kappa shape index (κ2) is 11.9. The highest BCUT2D eigenvalue weighted by molar-refractivity contribution is 6.35. The van der Waals surface area contributed by atoms with Gasteiger partial charge in [-0.05, 0) is 79.4 Å². The van der Waals surface area contributed by atoms with Gasteiger partial charge >= 0.3 is 0 Å². The number of anilines is 1. The molecule has 0 unspecified atom stereocenters. The fraction of sp³-hybridized carbons (Fsp3) is 0.484. The molecule has 5 rings (SSSR count). The molecular weight excluding hydrogens is 513 g/mol. The second-order valence-corrected chi connectivity index (χ2v) is 12.6. The van der Waals surface area contributed by atoms with Gasteiger partial charge in [0.25, 0.3) is 0 Å². The summed E-state index contributed by atoms with van der Waals surface area (Å²) in [5.74, 6) is 1.94. The first-order valence-corrected chi connectivity index (χ1v) is 14.7. The number of likely N-dealkylation sites (tertiary alicyclic amines) is 1. The van der Waals surface area contributed by atoms with Gasteiger partial charge < -0.3 is 9.38 Å². The number of aromatic nitrogens is 2. The van der Waals surface area contributed by atoms with Gasteiger partial charge in [0, 0.05) is 40.5 Å². The number of piperidine rings is 1. The van der Waals surface area contributed by atoms with E-state index in [1.54, 1.807) is 6.07 Å². The molecule has 7 heteroatoms. The average molecular weight is 554 g/mol. The number of nitrogens with zero attached hydrogens (tertiary/aromatic N) is 5. The number of benzene rings is 1. The summed E-state index contributed by atoms with van der Waals surface area (Å²) in [6.45, 7) is 9.95. The van der Waals surface area contributed by atoms with Crippen LogP contribution in [0, 0.1) is 5.92 Å². The molecule has 0 bridgehead atoms. The number of rotatable bonds is 7. The summed E-state index contributed by atoms with van der Waals surface area (Å²) < 4.78 is 1.08. The van der Waals surface area contributed by atoms with E-state index in [9.17, 15) is 0 Å². The molecule has 3 aromatic rings. The molecule has 5 nitrogen and oxygen atoms in total. The number of pyridine rings is 2. The third kappa shape index (κ3) is 7.06. The van der Waals surface area contributed by atoms with E-state index in [1.807, 2.05) is 18.3 Å². The lowest BCUT2D eigenvalue weighted by Crippen LogP contribution is -2.55. The van der Waals surface area contributed by atoms with Crippen molar-refractivity contribution in [3.8, 4) is 11.3 Å². The van der Waals surface area contributed by atoms with Gasteiger partial charge in [-0.2, -0.15) is 0 Å². The summed E-state index contributed by atoms with van der Waals surface area (Å²) >= 11 is 12.7.